The Morgan fingerprint density at radius 1 is 1.38 bits per heavy atom. The Morgan fingerprint density at radius 3 is 2.50 bits per heavy atom. The summed E-state index contributed by atoms with van der Waals surface area (Å²) in [6.45, 7) is 2.79. The molecule has 0 bridgehead atoms. The Morgan fingerprint density at radius 2 is 2.00 bits per heavy atom. The first-order valence-corrected chi connectivity index (χ1v) is 5.77. The lowest BCUT2D eigenvalue weighted by Gasteiger charge is -2.26. The number of halogens is 1. The lowest BCUT2D eigenvalue weighted by atomic mass is 9.98. The van der Waals surface area contributed by atoms with Crippen molar-refractivity contribution >= 4 is 17.4 Å². The van der Waals surface area contributed by atoms with Crippen LogP contribution in [0.1, 0.15) is 17.3 Å². The third kappa shape index (κ3) is 3.95. The van der Waals surface area contributed by atoms with Gasteiger partial charge in [-0.25, -0.2) is 0 Å². The van der Waals surface area contributed by atoms with Crippen LogP contribution >= 0.6 is 11.6 Å². The van der Waals surface area contributed by atoms with E-state index in [0.717, 1.165) is 11.0 Å². The molecule has 0 fully saturated rings. The minimum Gasteiger partial charge on any atom is -0.330 e. The summed E-state index contributed by atoms with van der Waals surface area (Å²) in [5.74, 6) is 0.175. The zero-order valence-electron chi connectivity index (χ0n) is 10.3. The molecule has 0 radical (unpaired) electrons. The molecule has 0 spiro atoms. The monoisotopic (exact) mass is 240 g/mol. The van der Waals surface area contributed by atoms with Crippen molar-refractivity contribution in [3.05, 3.63) is 34.9 Å². The van der Waals surface area contributed by atoms with Crippen LogP contribution in [0.2, 0.25) is 5.02 Å². The highest BCUT2D eigenvalue weighted by Gasteiger charge is 2.21. The molecule has 0 heterocycles. The highest BCUT2D eigenvalue weighted by molar-refractivity contribution is 6.31. The van der Waals surface area contributed by atoms with E-state index in [0.29, 0.717) is 10.6 Å². The van der Waals surface area contributed by atoms with E-state index in [1.165, 1.54) is 0 Å². The Labute approximate surface area is 102 Å². The van der Waals surface area contributed by atoms with Gasteiger partial charge in [-0.15, -0.1) is 0 Å². The Kier molecular flexibility index (Phi) is 4.11. The number of hydrogen-bond donors (Lipinski definition) is 0. The van der Waals surface area contributed by atoms with Crippen molar-refractivity contribution in [1.29, 1.82) is 0 Å². The summed E-state index contributed by atoms with van der Waals surface area (Å²) < 4.78 is 0.785. The van der Waals surface area contributed by atoms with E-state index in [1.54, 1.807) is 12.1 Å². The zero-order chi connectivity index (χ0) is 12.3. The van der Waals surface area contributed by atoms with E-state index >= 15 is 0 Å². The lowest BCUT2D eigenvalue weighted by Crippen LogP contribution is -2.40. The first-order chi connectivity index (χ1) is 7.29. The SMILES string of the molecule is CC(C[N+](C)(C)C)C(=O)c1cccc(Cl)c1. The molecule has 1 atom stereocenters. The number of Topliss-reactive ketones (excluding diaryl/α,β-unsaturated/α-hetero) is 1. The fourth-order valence-corrected chi connectivity index (χ4v) is 2.02. The minimum atomic E-state index is 0.0125. The fraction of sp³-hybridized carbons (Fsp3) is 0.462. The fourth-order valence-electron chi connectivity index (χ4n) is 1.83. The summed E-state index contributed by atoms with van der Waals surface area (Å²) in [5, 5.41) is 0.614. The normalized spacial score (nSPS) is 13.6. The predicted molar refractivity (Wildman–Crippen MR) is 67.8 cm³/mol. The number of carbonyl (C=O) groups excluding carboxylic acids is 1. The molecule has 3 heteroatoms. The van der Waals surface area contributed by atoms with Crippen molar-refractivity contribution in [2.45, 2.75) is 6.92 Å². The minimum absolute atomic E-state index is 0.0125. The molecule has 0 aliphatic carbocycles. The first kappa shape index (κ1) is 13.2. The molecule has 0 aliphatic rings. The van der Waals surface area contributed by atoms with Crippen molar-refractivity contribution < 1.29 is 9.28 Å². The number of nitrogens with zero attached hydrogens (tertiary/aromatic N) is 1. The maximum atomic E-state index is 12.1. The molecule has 1 unspecified atom stereocenters. The molecule has 16 heavy (non-hydrogen) atoms. The third-order valence-electron chi connectivity index (χ3n) is 2.38. The summed E-state index contributed by atoms with van der Waals surface area (Å²) >= 11 is 5.87. The molecule has 0 amide bonds. The summed E-state index contributed by atoms with van der Waals surface area (Å²) in [4.78, 5) is 12.1. The topological polar surface area (TPSA) is 17.1 Å². The first-order valence-electron chi connectivity index (χ1n) is 5.40. The van der Waals surface area contributed by atoms with Gasteiger partial charge in [0.2, 0.25) is 0 Å². The van der Waals surface area contributed by atoms with Gasteiger partial charge in [-0.05, 0) is 19.1 Å². The van der Waals surface area contributed by atoms with Crippen LogP contribution in [0.25, 0.3) is 0 Å². The van der Waals surface area contributed by atoms with Crippen molar-refractivity contribution in [3.63, 3.8) is 0 Å². The third-order valence-corrected chi connectivity index (χ3v) is 2.61. The molecular formula is C13H19ClNO+. The van der Waals surface area contributed by atoms with Gasteiger partial charge in [-0.3, -0.25) is 4.79 Å². The molecule has 88 valence electrons. The molecule has 1 aromatic rings. The van der Waals surface area contributed by atoms with Gasteiger partial charge in [0.1, 0.15) is 0 Å². The van der Waals surface area contributed by atoms with Crippen molar-refractivity contribution in [1.82, 2.24) is 0 Å². The zero-order valence-corrected chi connectivity index (χ0v) is 11.1. The maximum absolute atomic E-state index is 12.1. The van der Waals surface area contributed by atoms with Gasteiger partial charge >= 0.3 is 0 Å². The molecule has 0 aliphatic heterocycles. The average Bonchev–Trinajstić information content (AvgIpc) is 2.14. The van der Waals surface area contributed by atoms with Crippen molar-refractivity contribution in [2.24, 2.45) is 5.92 Å². The summed E-state index contributed by atoms with van der Waals surface area (Å²) in [5.41, 5.74) is 0.702. The van der Waals surface area contributed by atoms with Gasteiger partial charge in [0.25, 0.3) is 0 Å². The van der Waals surface area contributed by atoms with Crippen LogP contribution in [-0.2, 0) is 0 Å². The molecule has 0 aromatic heterocycles. The van der Waals surface area contributed by atoms with Gasteiger partial charge in [0.15, 0.2) is 5.78 Å². The van der Waals surface area contributed by atoms with Crippen LogP contribution in [0, 0.1) is 5.92 Å². The Balaban J connectivity index is 2.78. The van der Waals surface area contributed by atoms with Crippen molar-refractivity contribution in [2.75, 3.05) is 27.7 Å². The quantitative estimate of drug-likeness (QED) is 0.584. The van der Waals surface area contributed by atoms with Gasteiger partial charge in [-0.2, -0.15) is 0 Å². The maximum Gasteiger partial charge on any atom is 0.171 e. The van der Waals surface area contributed by atoms with Crippen LogP contribution in [0.15, 0.2) is 24.3 Å². The summed E-state index contributed by atoms with van der Waals surface area (Å²) in [7, 11) is 6.26. The molecule has 1 aromatic carbocycles. The largest absolute Gasteiger partial charge is 0.330 e. The average molecular weight is 241 g/mol. The molecular weight excluding hydrogens is 222 g/mol. The smallest absolute Gasteiger partial charge is 0.171 e. The summed E-state index contributed by atoms with van der Waals surface area (Å²) in [6.07, 6.45) is 0. The number of hydrogen-bond acceptors (Lipinski definition) is 1. The summed E-state index contributed by atoms with van der Waals surface area (Å²) in [6, 6.07) is 7.15. The van der Waals surface area contributed by atoms with E-state index < -0.39 is 0 Å². The lowest BCUT2D eigenvalue weighted by molar-refractivity contribution is -0.872. The second-order valence-corrected chi connectivity index (χ2v) is 5.68. The van der Waals surface area contributed by atoms with Gasteiger partial charge in [0, 0.05) is 10.6 Å². The van der Waals surface area contributed by atoms with Gasteiger partial charge in [0.05, 0.1) is 33.6 Å². The van der Waals surface area contributed by atoms with Crippen molar-refractivity contribution in [3.8, 4) is 0 Å². The van der Waals surface area contributed by atoms with Gasteiger partial charge in [-0.1, -0.05) is 23.7 Å². The number of carbonyl (C=O) groups is 1. The Bertz CT molecular complexity index is 382. The second kappa shape index (κ2) is 4.98. The van der Waals surface area contributed by atoms with E-state index in [4.69, 9.17) is 11.6 Å². The number of quaternary nitrogens is 1. The highest BCUT2D eigenvalue weighted by Crippen LogP contribution is 2.15. The molecule has 2 nitrogen and oxygen atoms in total. The number of rotatable bonds is 4. The van der Waals surface area contributed by atoms with Crippen LogP contribution in [0.3, 0.4) is 0 Å². The number of ketones is 1. The molecule has 0 N–H and O–H groups in total. The van der Waals surface area contributed by atoms with Gasteiger partial charge < -0.3 is 4.48 Å². The van der Waals surface area contributed by atoms with E-state index in [9.17, 15) is 4.79 Å². The van der Waals surface area contributed by atoms with E-state index in [2.05, 4.69) is 21.1 Å². The van der Waals surface area contributed by atoms with Crippen LogP contribution < -0.4 is 0 Å². The highest BCUT2D eigenvalue weighted by atomic mass is 35.5. The molecule has 0 saturated heterocycles. The molecule has 1 rings (SSSR count). The Hall–Kier alpha value is -0.860. The van der Waals surface area contributed by atoms with Crippen LogP contribution in [0.5, 0.6) is 0 Å². The van der Waals surface area contributed by atoms with Crippen LogP contribution in [-0.4, -0.2) is 38.0 Å². The standard InChI is InChI=1S/C13H19ClNO/c1-10(9-15(2,3)4)13(16)11-6-5-7-12(14)8-11/h5-8,10H,9H2,1-4H3/q+1. The predicted octanol–water partition coefficient (Wildman–Crippen LogP) is 2.87. The van der Waals surface area contributed by atoms with Crippen LogP contribution in [0.4, 0.5) is 0 Å². The van der Waals surface area contributed by atoms with E-state index in [1.807, 2.05) is 19.1 Å². The number of benzene rings is 1. The second-order valence-electron chi connectivity index (χ2n) is 5.25. The molecule has 0 saturated carbocycles. The van der Waals surface area contributed by atoms with E-state index in [-0.39, 0.29) is 11.7 Å².